The van der Waals surface area contributed by atoms with Crippen LogP contribution in [0.25, 0.3) is 0 Å². The quantitative estimate of drug-likeness (QED) is 0.620. The Morgan fingerprint density at radius 1 is 1.20 bits per heavy atom. The van der Waals surface area contributed by atoms with Crippen LogP contribution in [-0.4, -0.2) is 44.2 Å². The molecule has 25 heavy (non-hydrogen) atoms. The van der Waals surface area contributed by atoms with Crippen molar-refractivity contribution >= 4 is 33.8 Å². The van der Waals surface area contributed by atoms with E-state index >= 15 is 0 Å². The highest BCUT2D eigenvalue weighted by molar-refractivity contribution is 9.10. The fourth-order valence-corrected chi connectivity index (χ4v) is 2.33. The first-order valence-corrected chi connectivity index (χ1v) is 8.52. The molecule has 1 amide bonds. The zero-order valence-electron chi connectivity index (χ0n) is 14.4. The smallest absolute Gasteiger partial charge is 0.344 e. The van der Waals surface area contributed by atoms with Crippen LogP contribution in [0.1, 0.15) is 20.3 Å². The van der Waals surface area contributed by atoms with Crippen molar-refractivity contribution < 1.29 is 28.6 Å². The maximum Gasteiger partial charge on any atom is 0.344 e. The summed E-state index contributed by atoms with van der Waals surface area (Å²) in [6.45, 7) is 3.02. The van der Waals surface area contributed by atoms with Gasteiger partial charge >= 0.3 is 11.9 Å². The van der Waals surface area contributed by atoms with Gasteiger partial charge in [0, 0.05) is 4.47 Å². The van der Waals surface area contributed by atoms with Crippen molar-refractivity contribution in [2.45, 2.75) is 26.3 Å². The van der Waals surface area contributed by atoms with Gasteiger partial charge in [-0.15, -0.1) is 0 Å². The number of hydrogen-bond donors (Lipinski definition) is 1. The summed E-state index contributed by atoms with van der Waals surface area (Å²) in [6.07, 6.45) is 0.429. The summed E-state index contributed by atoms with van der Waals surface area (Å²) in [7, 11) is 1.25. The number of hydrogen-bond acceptors (Lipinski definition) is 6. The van der Waals surface area contributed by atoms with Crippen LogP contribution in [-0.2, 0) is 23.9 Å². The van der Waals surface area contributed by atoms with Gasteiger partial charge in [0.05, 0.1) is 7.11 Å². The Balaban J connectivity index is 2.38. The van der Waals surface area contributed by atoms with Gasteiger partial charge in [-0.25, -0.2) is 9.59 Å². The van der Waals surface area contributed by atoms with E-state index in [1.165, 1.54) is 7.11 Å². The van der Waals surface area contributed by atoms with Gasteiger partial charge in [-0.2, -0.15) is 0 Å². The Kier molecular flexibility index (Phi) is 8.98. The van der Waals surface area contributed by atoms with E-state index in [9.17, 15) is 14.4 Å². The van der Waals surface area contributed by atoms with Crippen molar-refractivity contribution in [2.24, 2.45) is 5.92 Å². The van der Waals surface area contributed by atoms with Crippen molar-refractivity contribution in [1.29, 1.82) is 0 Å². The van der Waals surface area contributed by atoms with Crippen molar-refractivity contribution in [3.05, 3.63) is 28.7 Å². The Morgan fingerprint density at radius 3 is 2.52 bits per heavy atom. The Bertz CT molecular complexity index is 605. The van der Waals surface area contributed by atoms with Gasteiger partial charge in [0.2, 0.25) is 0 Å². The summed E-state index contributed by atoms with van der Waals surface area (Å²) in [5, 5.41) is 2.50. The number of ether oxygens (including phenoxy) is 3. The van der Waals surface area contributed by atoms with Gasteiger partial charge in [0.15, 0.2) is 13.2 Å². The molecule has 1 atom stereocenters. The SMILES string of the molecule is COC(=O)[C@@H](CC(C)C)NC(=O)COC(=O)COc1cccc(Br)c1. The first kappa shape index (κ1) is 21.0. The number of esters is 2. The molecule has 0 fully saturated rings. The summed E-state index contributed by atoms with van der Waals surface area (Å²) in [5.41, 5.74) is 0. The van der Waals surface area contributed by atoms with Crippen LogP contribution in [0, 0.1) is 5.92 Å². The first-order valence-electron chi connectivity index (χ1n) is 7.73. The number of rotatable bonds is 9. The zero-order chi connectivity index (χ0) is 18.8. The molecule has 0 aromatic heterocycles. The van der Waals surface area contributed by atoms with E-state index in [0.29, 0.717) is 12.2 Å². The number of amides is 1. The van der Waals surface area contributed by atoms with E-state index in [-0.39, 0.29) is 12.5 Å². The normalized spacial score (nSPS) is 11.6. The predicted molar refractivity (Wildman–Crippen MR) is 94.0 cm³/mol. The maximum absolute atomic E-state index is 11.8. The second-order valence-electron chi connectivity index (χ2n) is 5.68. The Labute approximate surface area is 155 Å². The number of methoxy groups -OCH3 is 1. The maximum atomic E-state index is 11.8. The third kappa shape index (κ3) is 8.53. The molecule has 1 rings (SSSR count). The fourth-order valence-electron chi connectivity index (χ4n) is 1.95. The lowest BCUT2D eigenvalue weighted by atomic mass is 10.0. The highest BCUT2D eigenvalue weighted by Gasteiger charge is 2.23. The number of halogens is 1. The van der Waals surface area contributed by atoms with Gasteiger partial charge in [-0.1, -0.05) is 35.8 Å². The molecule has 0 bridgehead atoms. The first-order chi connectivity index (χ1) is 11.8. The van der Waals surface area contributed by atoms with E-state index < -0.39 is 30.5 Å². The van der Waals surface area contributed by atoms with Crippen molar-refractivity contribution in [2.75, 3.05) is 20.3 Å². The monoisotopic (exact) mass is 415 g/mol. The second kappa shape index (κ2) is 10.7. The van der Waals surface area contributed by atoms with Crippen LogP contribution in [0.3, 0.4) is 0 Å². The van der Waals surface area contributed by atoms with Crippen LogP contribution in [0.5, 0.6) is 5.75 Å². The van der Waals surface area contributed by atoms with Crippen molar-refractivity contribution in [3.8, 4) is 5.75 Å². The van der Waals surface area contributed by atoms with Gasteiger partial charge in [-0.05, 0) is 30.5 Å². The van der Waals surface area contributed by atoms with Crippen LogP contribution in [0.15, 0.2) is 28.7 Å². The topological polar surface area (TPSA) is 90.9 Å². The zero-order valence-corrected chi connectivity index (χ0v) is 16.0. The van der Waals surface area contributed by atoms with Crippen LogP contribution >= 0.6 is 15.9 Å². The molecule has 0 heterocycles. The van der Waals surface area contributed by atoms with Crippen LogP contribution in [0.2, 0.25) is 0 Å². The molecule has 7 nitrogen and oxygen atoms in total. The lowest BCUT2D eigenvalue weighted by molar-refractivity contribution is -0.151. The number of carbonyl (C=O) groups excluding carboxylic acids is 3. The average Bonchev–Trinajstić information content (AvgIpc) is 2.56. The molecule has 0 aliphatic heterocycles. The minimum Gasteiger partial charge on any atom is -0.482 e. The molecule has 138 valence electrons. The molecule has 1 N–H and O–H groups in total. The Hall–Kier alpha value is -2.09. The van der Waals surface area contributed by atoms with E-state index in [4.69, 9.17) is 9.47 Å². The molecule has 0 unspecified atom stereocenters. The molecule has 1 aromatic carbocycles. The molecule has 0 aliphatic rings. The van der Waals surface area contributed by atoms with E-state index in [1.54, 1.807) is 18.2 Å². The van der Waals surface area contributed by atoms with Gasteiger partial charge in [0.25, 0.3) is 5.91 Å². The van der Waals surface area contributed by atoms with Gasteiger partial charge < -0.3 is 19.5 Å². The third-order valence-electron chi connectivity index (χ3n) is 3.05. The summed E-state index contributed by atoms with van der Waals surface area (Å²) in [5.74, 6) is -1.11. The number of carbonyl (C=O) groups is 3. The molecule has 8 heteroatoms. The second-order valence-corrected chi connectivity index (χ2v) is 6.60. The Morgan fingerprint density at radius 2 is 1.92 bits per heavy atom. The molecule has 0 saturated carbocycles. The summed E-state index contributed by atoms with van der Waals surface area (Å²) in [4.78, 5) is 35.1. The minimum absolute atomic E-state index is 0.186. The molecule has 0 saturated heterocycles. The molecule has 0 radical (unpaired) electrons. The lowest BCUT2D eigenvalue weighted by Gasteiger charge is -2.18. The molecule has 0 spiro atoms. The average molecular weight is 416 g/mol. The summed E-state index contributed by atoms with van der Waals surface area (Å²) >= 11 is 3.29. The predicted octanol–water partition coefficient (Wildman–Crippen LogP) is 2.07. The van der Waals surface area contributed by atoms with E-state index in [0.717, 1.165) is 4.47 Å². The van der Waals surface area contributed by atoms with Crippen molar-refractivity contribution in [1.82, 2.24) is 5.32 Å². The fraction of sp³-hybridized carbons (Fsp3) is 0.471. The minimum atomic E-state index is -0.769. The van der Waals surface area contributed by atoms with Crippen LogP contribution < -0.4 is 10.1 Å². The highest BCUT2D eigenvalue weighted by Crippen LogP contribution is 2.17. The van der Waals surface area contributed by atoms with E-state index in [2.05, 4.69) is 26.0 Å². The number of nitrogens with one attached hydrogen (secondary N) is 1. The standard InChI is InChI=1S/C17H22BrNO6/c1-11(2)7-14(17(22)23-3)19-15(20)9-25-16(21)10-24-13-6-4-5-12(18)8-13/h4-6,8,11,14H,7,9-10H2,1-3H3,(H,19,20)/t14-/m1/s1. The van der Waals surface area contributed by atoms with Crippen molar-refractivity contribution in [3.63, 3.8) is 0 Å². The molecular formula is C17H22BrNO6. The largest absolute Gasteiger partial charge is 0.482 e. The highest BCUT2D eigenvalue weighted by atomic mass is 79.9. The van der Waals surface area contributed by atoms with E-state index in [1.807, 2.05) is 19.9 Å². The van der Waals surface area contributed by atoms with Gasteiger partial charge in [-0.3, -0.25) is 4.79 Å². The number of benzene rings is 1. The molecule has 1 aromatic rings. The van der Waals surface area contributed by atoms with Crippen LogP contribution in [0.4, 0.5) is 0 Å². The lowest BCUT2D eigenvalue weighted by Crippen LogP contribution is -2.44. The summed E-state index contributed by atoms with van der Waals surface area (Å²) in [6, 6.07) is 6.21. The summed E-state index contributed by atoms with van der Waals surface area (Å²) < 4.78 is 15.6. The molecular weight excluding hydrogens is 394 g/mol. The third-order valence-corrected chi connectivity index (χ3v) is 3.54. The van der Waals surface area contributed by atoms with Gasteiger partial charge in [0.1, 0.15) is 11.8 Å². The molecule has 0 aliphatic carbocycles.